The highest BCUT2D eigenvalue weighted by Crippen LogP contribution is 2.32. The van der Waals surface area contributed by atoms with Gasteiger partial charge in [-0.05, 0) is 42.0 Å². The van der Waals surface area contributed by atoms with Crippen LogP contribution in [-0.4, -0.2) is 54.3 Å². The molecule has 1 saturated heterocycles. The fourth-order valence-corrected chi connectivity index (χ4v) is 3.71. The van der Waals surface area contributed by atoms with Crippen molar-refractivity contribution in [3.05, 3.63) is 53.1 Å². The van der Waals surface area contributed by atoms with Gasteiger partial charge in [0.2, 0.25) is 0 Å². The number of hydrogen-bond acceptors (Lipinski definition) is 4. The summed E-state index contributed by atoms with van der Waals surface area (Å²) >= 11 is 11.6. The lowest BCUT2D eigenvalue weighted by atomic mass is 10.2. The van der Waals surface area contributed by atoms with Crippen molar-refractivity contribution in [3.63, 3.8) is 0 Å². The van der Waals surface area contributed by atoms with Crippen molar-refractivity contribution in [2.75, 3.05) is 44.7 Å². The first-order chi connectivity index (χ1) is 13.2. The van der Waals surface area contributed by atoms with Gasteiger partial charge in [0.15, 0.2) is 16.6 Å². The second kappa shape index (κ2) is 8.33. The van der Waals surface area contributed by atoms with Crippen LogP contribution in [0.4, 0.5) is 5.69 Å². The summed E-state index contributed by atoms with van der Waals surface area (Å²) in [5.41, 5.74) is 2.21. The summed E-state index contributed by atoms with van der Waals surface area (Å²) in [6, 6.07) is 13.9. The molecule has 5 nitrogen and oxygen atoms in total. The molecule has 0 aliphatic carbocycles. The Labute approximate surface area is 169 Å². The first-order valence-electron chi connectivity index (χ1n) is 9.10. The molecule has 0 atom stereocenters. The van der Waals surface area contributed by atoms with E-state index in [2.05, 4.69) is 27.2 Å². The summed E-state index contributed by atoms with van der Waals surface area (Å²) in [5.74, 6) is 1.55. The second-order valence-electron chi connectivity index (χ2n) is 6.68. The zero-order valence-electron chi connectivity index (χ0n) is 15.0. The molecule has 2 heterocycles. The highest BCUT2D eigenvalue weighted by molar-refractivity contribution is 7.80. The predicted molar refractivity (Wildman–Crippen MR) is 112 cm³/mol. The van der Waals surface area contributed by atoms with Crippen LogP contribution >= 0.6 is 23.8 Å². The molecule has 0 radical (unpaired) electrons. The van der Waals surface area contributed by atoms with Crippen molar-refractivity contribution >= 4 is 34.6 Å². The lowest BCUT2D eigenvalue weighted by molar-refractivity contribution is 0.171. The summed E-state index contributed by atoms with van der Waals surface area (Å²) in [7, 11) is 0. The van der Waals surface area contributed by atoms with E-state index in [0.717, 1.165) is 60.0 Å². The summed E-state index contributed by atoms with van der Waals surface area (Å²) in [5, 5.41) is 4.85. The van der Waals surface area contributed by atoms with Gasteiger partial charge < -0.3 is 19.7 Å². The average Bonchev–Trinajstić information content (AvgIpc) is 2.70. The number of fused-ring (bicyclic) bond motifs is 1. The van der Waals surface area contributed by atoms with Crippen molar-refractivity contribution in [1.29, 1.82) is 0 Å². The molecule has 4 rings (SSSR count). The number of halogens is 1. The standard InChI is InChI=1S/C20H22ClN3O2S/c21-16-3-1-15(2-4-16)14-23-7-9-24(10-8-23)20(27)22-17-5-6-18-19(13-17)26-12-11-25-18/h1-6,13H,7-12,14H2,(H,22,27). The average molecular weight is 404 g/mol. The molecular formula is C20H22ClN3O2S. The quantitative estimate of drug-likeness (QED) is 0.789. The summed E-state index contributed by atoms with van der Waals surface area (Å²) in [4.78, 5) is 4.65. The maximum Gasteiger partial charge on any atom is 0.173 e. The van der Waals surface area contributed by atoms with Gasteiger partial charge in [0.1, 0.15) is 13.2 Å². The fraction of sp³-hybridized carbons (Fsp3) is 0.350. The number of rotatable bonds is 3. The molecule has 7 heteroatoms. The Kier molecular flexibility index (Phi) is 5.66. The molecule has 1 N–H and O–H groups in total. The highest BCUT2D eigenvalue weighted by Gasteiger charge is 2.20. The molecule has 142 valence electrons. The fourth-order valence-electron chi connectivity index (χ4n) is 3.28. The monoisotopic (exact) mass is 403 g/mol. The zero-order valence-corrected chi connectivity index (χ0v) is 16.6. The van der Waals surface area contributed by atoms with E-state index in [1.165, 1.54) is 5.56 Å². The first kappa shape index (κ1) is 18.3. The minimum Gasteiger partial charge on any atom is -0.486 e. The maximum atomic E-state index is 5.96. The minimum atomic E-state index is 0.580. The first-order valence-corrected chi connectivity index (χ1v) is 9.88. The normalized spacial score (nSPS) is 16.9. The SMILES string of the molecule is S=C(Nc1ccc2c(c1)OCCO2)N1CCN(Cc2ccc(Cl)cc2)CC1. The number of anilines is 1. The number of nitrogens with one attached hydrogen (secondary N) is 1. The number of benzene rings is 2. The smallest absolute Gasteiger partial charge is 0.173 e. The largest absolute Gasteiger partial charge is 0.486 e. The lowest BCUT2D eigenvalue weighted by Crippen LogP contribution is -2.49. The Hall–Kier alpha value is -2.02. The van der Waals surface area contributed by atoms with Crippen LogP contribution in [0.5, 0.6) is 11.5 Å². The molecule has 0 aromatic heterocycles. The van der Waals surface area contributed by atoms with Crippen LogP contribution in [0.25, 0.3) is 0 Å². The topological polar surface area (TPSA) is 37.0 Å². The molecule has 0 saturated carbocycles. The van der Waals surface area contributed by atoms with E-state index in [-0.39, 0.29) is 0 Å². The van der Waals surface area contributed by atoms with Crippen LogP contribution in [0, 0.1) is 0 Å². The third-order valence-electron chi connectivity index (χ3n) is 4.77. The van der Waals surface area contributed by atoms with Crippen LogP contribution in [0.15, 0.2) is 42.5 Å². The summed E-state index contributed by atoms with van der Waals surface area (Å²) in [6.07, 6.45) is 0. The van der Waals surface area contributed by atoms with Gasteiger partial charge in [-0.3, -0.25) is 4.90 Å². The number of nitrogens with zero attached hydrogens (tertiary/aromatic N) is 2. The third-order valence-corrected chi connectivity index (χ3v) is 5.38. The number of ether oxygens (including phenoxy) is 2. The molecule has 2 aromatic rings. The number of thiocarbonyl (C=S) groups is 1. The molecule has 0 unspecified atom stereocenters. The van der Waals surface area contributed by atoms with E-state index < -0.39 is 0 Å². The third kappa shape index (κ3) is 4.64. The molecule has 27 heavy (non-hydrogen) atoms. The van der Waals surface area contributed by atoms with Crippen molar-refractivity contribution < 1.29 is 9.47 Å². The van der Waals surface area contributed by atoms with Crippen molar-refractivity contribution in [2.24, 2.45) is 0 Å². The number of piperazine rings is 1. The van der Waals surface area contributed by atoms with Crippen LogP contribution < -0.4 is 14.8 Å². The molecule has 0 spiro atoms. The number of hydrogen-bond donors (Lipinski definition) is 1. The lowest BCUT2D eigenvalue weighted by Gasteiger charge is -2.36. The van der Waals surface area contributed by atoms with Gasteiger partial charge >= 0.3 is 0 Å². The molecule has 0 amide bonds. The van der Waals surface area contributed by atoms with Gasteiger partial charge in [-0.2, -0.15) is 0 Å². The Morgan fingerprint density at radius 3 is 2.41 bits per heavy atom. The Morgan fingerprint density at radius 2 is 1.67 bits per heavy atom. The van der Waals surface area contributed by atoms with E-state index in [4.69, 9.17) is 33.3 Å². The molecule has 2 aliphatic rings. The maximum absolute atomic E-state index is 5.96. The Balaban J connectivity index is 1.29. The molecule has 2 aromatic carbocycles. The molecule has 1 fully saturated rings. The van der Waals surface area contributed by atoms with Gasteiger partial charge in [-0.15, -0.1) is 0 Å². The predicted octanol–water partition coefficient (Wildman–Crippen LogP) is 3.63. The van der Waals surface area contributed by atoms with Gasteiger partial charge in [0.05, 0.1) is 0 Å². The van der Waals surface area contributed by atoms with E-state index >= 15 is 0 Å². The highest BCUT2D eigenvalue weighted by atomic mass is 35.5. The van der Waals surface area contributed by atoms with Gasteiger partial charge in [-0.25, -0.2) is 0 Å². The Bertz CT molecular complexity index is 807. The van der Waals surface area contributed by atoms with Crippen LogP contribution in [-0.2, 0) is 6.54 Å². The molecule has 0 bridgehead atoms. The van der Waals surface area contributed by atoms with Crippen LogP contribution in [0.1, 0.15) is 5.56 Å². The van der Waals surface area contributed by atoms with Crippen molar-refractivity contribution in [3.8, 4) is 11.5 Å². The van der Waals surface area contributed by atoms with Crippen LogP contribution in [0.2, 0.25) is 5.02 Å². The molecular weight excluding hydrogens is 382 g/mol. The zero-order chi connectivity index (χ0) is 18.6. The van der Waals surface area contributed by atoms with Crippen LogP contribution in [0.3, 0.4) is 0 Å². The minimum absolute atomic E-state index is 0.580. The summed E-state index contributed by atoms with van der Waals surface area (Å²) < 4.78 is 11.2. The van der Waals surface area contributed by atoms with E-state index in [1.54, 1.807) is 0 Å². The molecule has 2 aliphatic heterocycles. The van der Waals surface area contributed by atoms with E-state index in [9.17, 15) is 0 Å². The van der Waals surface area contributed by atoms with Crippen molar-refractivity contribution in [1.82, 2.24) is 9.80 Å². The van der Waals surface area contributed by atoms with Gasteiger partial charge in [0, 0.05) is 49.5 Å². The van der Waals surface area contributed by atoms with E-state index in [0.29, 0.717) is 13.2 Å². The van der Waals surface area contributed by atoms with Crippen molar-refractivity contribution in [2.45, 2.75) is 6.54 Å². The van der Waals surface area contributed by atoms with E-state index in [1.807, 2.05) is 30.3 Å². The van der Waals surface area contributed by atoms with Gasteiger partial charge in [-0.1, -0.05) is 23.7 Å². The Morgan fingerprint density at radius 1 is 0.963 bits per heavy atom. The summed E-state index contributed by atoms with van der Waals surface area (Å²) in [6.45, 7) is 5.88. The second-order valence-corrected chi connectivity index (χ2v) is 7.50. The van der Waals surface area contributed by atoms with Gasteiger partial charge in [0.25, 0.3) is 0 Å².